The van der Waals surface area contributed by atoms with Crippen LogP contribution >= 0.6 is 0 Å². The van der Waals surface area contributed by atoms with Crippen molar-refractivity contribution in [2.45, 2.75) is 19.8 Å². The van der Waals surface area contributed by atoms with Gasteiger partial charge in [0.1, 0.15) is 15.7 Å². The van der Waals surface area contributed by atoms with E-state index in [0.29, 0.717) is 17.9 Å². The van der Waals surface area contributed by atoms with E-state index in [9.17, 15) is 13.2 Å². The quantitative estimate of drug-likeness (QED) is 0.814. The van der Waals surface area contributed by atoms with Gasteiger partial charge in [0.25, 0.3) is 0 Å². The average molecular weight is 300 g/mol. The van der Waals surface area contributed by atoms with Crippen LogP contribution in [-0.4, -0.2) is 50.1 Å². The van der Waals surface area contributed by atoms with Crippen molar-refractivity contribution in [3.8, 4) is 0 Å². The zero-order chi connectivity index (χ0) is 15.3. The lowest BCUT2D eigenvalue weighted by atomic mass is 10.1. The Hall–Kier alpha value is -1.63. The van der Waals surface area contributed by atoms with Crippen molar-refractivity contribution in [1.29, 1.82) is 0 Å². The van der Waals surface area contributed by atoms with E-state index in [1.807, 2.05) is 6.92 Å². The van der Waals surface area contributed by atoms with E-state index >= 15 is 0 Å². The van der Waals surface area contributed by atoms with Crippen LogP contribution in [0.4, 0.5) is 5.82 Å². The van der Waals surface area contributed by atoms with Gasteiger partial charge in [-0.1, -0.05) is 13.3 Å². The maximum Gasteiger partial charge on any atom is 0.335 e. The van der Waals surface area contributed by atoms with Crippen LogP contribution in [0.5, 0.6) is 0 Å². The largest absolute Gasteiger partial charge is 0.478 e. The highest BCUT2D eigenvalue weighted by Crippen LogP contribution is 2.15. The SMILES string of the molecule is CCCc1cc(C(=O)O)cc(N(C)CCS(C)(=O)=O)n1. The lowest BCUT2D eigenvalue weighted by Crippen LogP contribution is -2.26. The van der Waals surface area contributed by atoms with Crippen LogP contribution in [0.1, 0.15) is 29.4 Å². The molecule has 0 unspecified atom stereocenters. The predicted molar refractivity (Wildman–Crippen MR) is 78.2 cm³/mol. The molecule has 0 radical (unpaired) electrons. The summed E-state index contributed by atoms with van der Waals surface area (Å²) in [5.74, 6) is -0.523. The first-order valence-electron chi connectivity index (χ1n) is 6.36. The van der Waals surface area contributed by atoms with Crippen LogP contribution in [0.15, 0.2) is 12.1 Å². The smallest absolute Gasteiger partial charge is 0.335 e. The van der Waals surface area contributed by atoms with Gasteiger partial charge in [0, 0.05) is 25.5 Å². The molecule has 7 heteroatoms. The molecule has 0 bridgehead atoms. The normalized spacial score (nSPS) is 11.3. The van der Waals surface area contributed by atoms with Crippen molar-refractivity contribution in [3.05, 3.63) is 23.4 Å². The zero-order valence-electron chi connectivity index (χ0n) is 12.0. The van der Waals surface area contributed by atoms with Crippen molar-refractivity contribution in [2.24, 2.45) is 0 Å². The second-order valence-corrected chi connectivity index (χ2v) is 7.07. The number of anilines is 1. The Labute approximate surface area is 119 Å². The van der Waals surface area contributed by atoms with Crippen molar-refractivity contribution in [2.75, 3.05) is 30.5 Å². The second-order valence-electron chi connectivity index (χ2n) is 4.81. The summed E-state index contributed by atoms with van der Waals surface area (Å²) < 4.78 is 22.3. The van der Waals surface area contributed by atoms with E-state index in [4.69, 9.17) is 5.11 Å². The number of carboxylic acids is 1. The molecular formula is C13H20N2O4S. The van der Waals surface area contributed by atoms with Crippen LogP contribution in [0.2, 0.25) is 0 Å². The highest BCUT2D eigenvalue weighted by atomic mass is 32.2. The average Bonchev–Trinajstić information content (AvgIpc) is 2.35. The number of sulfone groups is 1. The molecule has 0 aliphatic rings. The molecule has 0 aliphatic carbocycles. The van der Waals surface area contributed by atoms with Gasteiger partial charge >= 0.3 is 5.97 Å². The van der Waals surface area contributed by atoms with Gasteiger partial charge in [-0.2, -0.15) is 0 Å². The van der Waals surface area contributed by atoms with Gasteiger partial charge in [0.15, 0.2) is 0 Å². The third-order valence-electron chi connectivity index (χ3n) is 2.81. The molecule has 1 aromatic rings. The molecular weight excluding hydrogens is 280 g/mol. The summed E-state index contributed by atoms with van der Waals surface area (Å²) in [4.78, 5) is 17.1. The van der Waals surface area contributed by atoms with Gasteiger partial charge in [-0.15, -0.1) is 0 Å². The number of rotatable bonds is 7. The number of pyridine rings is 1. The van der Waals surface area contributed by atoms with E-state index in [1.54, 1.807) is 18.0 Å². The fourth-order valence-electron chi connectivity index (χ4n) is 1.69. The van der Waals surface area contributed by atoms with Gasteiger partial charge in [-0.05, 0) is 18.6 Å². The molecule has 0 aliphatic heterocycles. The van der Waals surface area contributed by atoms with Gasteiger partial charge in [-0.3, -0.25) is 0 Å². The third-order valence-corrected chi connectivity index (χ3v) is 3.73. The number of aryl methyl sites for hydroxylation is 1. The number of aromatic nitrogens is 1. The Morgan fingerprint density at radius 2 is 2.05 bits per heavy atom. The highest BCUT2D eigenvalue weighted by Gasteiger charge is 2.12. The molecule has 0 saturated carbocycles. The number of nitrogens with zero attached hydrogens (tertiary/aromatic N) is 2. The second kappa shape index (κ2) is 6.69. The molecule has 0 saturated heterocycles. The maximum atomic E-state index is 11.2. The number of aromatic carboxylic acids is 1. The molecule has 112 valence electrons. The summed E-state index contributed by atoms with van der Waals surface area (Å²) in [5, 5.41) is 9.10. The number of hydrogen-bond acceptors (Lipinski definition) is 5. The predicted octanol–water partition coefficient (Wildman–Crippen LogP) is 1.21. The van der Waals surface area contributed by atoms with E-state index in [-0.39, 0.29) is 17.9 Å². The molecule has 0 aromatic carbocycles. The van der Waals surface area contributed by atoms with Crippen molar-refractivity contribution < 1.29 is 18.3 Å². The fraction of sp³-hybridized carbons (Fsp3) is 0.538. The van der Waals surface area contributed by atoms with Gasteiger partial charge < -0.3 is 10.0 Å². The minimum Gasteiger partial charge on any atom is -0.478 e. The fourth-order valence-corrected chi connectivity index (χ4v) is 2.30. The van der Waals surface area contributed by atoms with E-state index < -0.39 is 15.8 Å². The molecule has 1 N–H and O–H groups in total. The molecule has 1 rings (SSSR count). The van der Waals surface area contributed by atoms with Crippen LogP contribution < -0.4 is 4.90 Å². The Bertz CT molecular complexity index is 584. The molecule has 20 heavy (non-hydrogen) atoms. The summed E-state index contributed by atoms with van der Waals surface area (Å²) in [6.45, 7) is 2.27. The molecule has 0 amide bonds. The molecule has 6 nitrogen and oxygen atoms in total. The lowest BCUT2D eigenvalue weighted by Gasteiger charge is -2.19. The Morgan fingerprint density at radius 1 is 1.40 bits per heavy atom. The standard InChI is InChI=1S/C13H20N2O4S/c1-4-5-11-8-10(13(16)17)9-12(14-11)15(2)6-7-20(3,18)19/h8-9H,4-7H2,1-3H3,(H,16,17). The first-order valence-corrected chi connectivity index (χ1v) is 8.42. The first-order chi connectivity index (χ1) is 9.23. The summed E-state index contributed by atoms with van der Waals surface area (Å²) in [6.07, 6.45) is 2.72. The monoisotopic (exact) mass is 300 g/mol. The molecule has 0 spiro atoms. The zero-order valence-corrected chi connectivity index (χ0v) is 12.8. The minimum atomic E-state index is -3.06. The van der Waals surface area contributed by atoms with Crippen LogP contribution in [0.25, 0.3) is 0 Å². The number of carbonyl (C=O) groups is 1. The number of carboxylic acid groups (broad SMARTS) is 1. The van der Waals surface area contributed by atoms with Crippen LogP contribution in [-0.2, 0) is 16.3 Å². The van der Waals surface area contributed by atoms with E-state index in [1.165, 1.54) is 12.3 Å². The topological polar surface area (TPSA) is 87.6 Å². The van der Waals surface area contributed by atoms with E-state index in [0.717, 1.165) is 6.42 Å². The minimum absolute atomic E-state index is 0.00555. The summed E-state index contributed by atoms with van der Waals surface area (Å²) >= 11 is 0. The highest BCUT2D eigenvalue weighted by molar-refractivity contribution is 7.90. The van der Waals surface area contributed by atoms with E-state index in [2.05, 4.69) is 4.98 Å². The van der Waals surface area contributed by atoms with Gasteiger partial charge in [0.05, 0.1) is 11.3 Å². The third kappa shape index (κ3) is 5.16. The van der Waals surface area contributed by atoms with Crippen molar-refractivity contribution in [1.82, 2.24) is 4.98 Å². The first kappa shape index (κ1) is 16.4. The molecule has 0 atom stereocenters. The summed E-state index contributed by atoms with van der Waals surface area (Å²) in [6, 6.07) is 3.02. The summed E-state index contributed by atoms with van der Waals surface area (Å²) in [7, 11) is -1.36. The van der Waals surface area contributed by atoms with Crippen molar-refractivity contribution in [3.63, 3.8) is 0 Å². The van der Waals surface area contributed by atoms with Crippen molar-refractivity contribution >= 4 is 21.6 Å². The number of hydrogen-bond donors (Lipinski definition) is 1. The maximum absolute atomic E-state index is 11.2. The van der Waals surface area contributed by atoms with Gasteiger partial charge in [-0.25, -0.2) is 18.2 Å². The van der Waals surface area contributed by atoms with Crippen LogP contribution in [0.3, 0.4) is 0 Å². The Kier molecular flexibility index (Phi) is 5.50. The Balaban J connectivity index is 3.00. The lowest BCUT2D eigenvalue weighted by molar-refractivity contribution is 0.0696. The van der Waals surface area contributed by atoms with Gasteiger partial charge in [0.2, 0.25) is 0 Å². The summed E-state index contributed by atoms with van der Waals surface area (Å²) in [5.41, 5.74) is 0.873. The molecule has 1 aromatic heterocycles. The Morgan fingerprint density at radius 3 is 2.55 bits per heavy atom. The van der Waals surface area contributed by atoms with Crippen LogP contribution in [0, 0.1) is 0 Å². The molecule has 1 heterocycles. The molecule has 0 fully saturated rings.